The van der Waals surface area contributed by atoms with E-state index in [0.29, 0.717) is 12.6 Å². The van der Waals surface area contributed by atoms with Crippen LogP contribution < -0.4 is 4.74 Å². The van der Waals surface area contributed by atoms with Gasteiger partial charge in [-0.25, -0.2) is 0 Å². The number of para-hydroxylation sites is 1. The zero-order chi connectivity index (χ0) is 14.9. The van der Waals surface area contributed by atoms with Crippen molar-refractivity contribution in [2.24, 2.45) is 5.92 Å². The van der Waals surface area contributed by atoms with Crippen molar-refractivity contribution in [3.8, 4) is 5.75 Å². The van der Waals surface area contributed by atoms with Gasteiger partial charge in [-0.1, -0.05) is 31.0 Å². The van der Waals surface area contributed by atoms with Crippen molar-refractivity contribution in [2.75, 3.05) is 13.2 Å². The Balaban J connectivity index is 1.58. The van der Waals surface area contributed by atoms with Gasteiger partial charge in [0, 0.05) is 18.2 Å². The fourth-order valence-corrected chi connectivity index (χ4v) is 4.30. The van der Waals surface area contributed by atoms with Crippen LogP contribution in [0, 0.1) is 5.92 Å². The Kier molecular flexibility index (Phi) is 3.65. The predicted molar refractivity (Wildman–Crippen MR) is 86.6 cm³/mol. The van der Waals surface area contributed by atoms with Gasteiger partial charge in [-0.2, -0.15) is 0 Å². The van der Waals surface area contributed by atoms with E-state index in [4.69, 9.17) is 4.74 Å². The minimum atomic E-state index is 0.200. The molecule has 22 heavy (non-hydrogen) atoms. The number of piperidine rings is 1. The molecule has 2 aliphatic heterocycles. The third-order valence-corrected chi connectivity index (χ3v) is 5.41. The first-order valence-corrected chi connectivity index (χ1v) is 8.56. The summed E-state index contributed by atoms with van der Waals surface area (Å²) in [6.07, 6.45) is 9.55. The Bertz CT molecular complexity index is 605. The van der Waals surface area contributed by atoms with Crippen molar-refractivity contribution in [3.63, 3.8) is 0 Å². The summed E-state index contributed by atoms with van der Waals surface area (Å²) < 4.78 is 5.77. The fraction of sp³-hybridized carbons (Fsp3) is 0.526. The molecule has 1 saturated carbocycles. The number of hydrogen-bond donors (Lipinski definition) is 0. The summed E-state index contributed by atoms with van der Waals surface area (Å²) >= 11 is 0. The van der Waals surface area contributed by atoms with Crippen LogP contribution in [0.15, 0.2) is 29.8 Å². The molecule has 1 amide bonds. The topological polar surface area (TPSA) is 29.5 Å². The number of ether oxygens (including phenoxy) is 1. The summed E-state index contributed by atoms with van der Waals surface area (Å²) in [5, 5.41) is 0. The van der Waals surface area contributed by atoms with Crippen LogP contribution in [0.25, 0.3) is 6.08 Å². The van der Waals surface area contributed by atoms with Crippen LogP contribution in [-0.2, 0) is 4.79 Å². The predicted octanol–water partition coefficient (Wildman–Crippen LogP) is 3.64. The summed E-state index contributed by atoms with van der Waals surface area (Å²) in [5.41, 5.74) is 1.83. The van der Waals surface area contributed by atoms with Crippen molar-refractivity contribution >= 4 is 12.0 Å². The zero-order valence-electron chi connectivity index (χ0n) is 13.0. The summed E-state index contributed by atoms with van der Waals surface area (Å²) in [6, 6.07) is 8.40. The van der Waals surface area contributed by atoms with E-state index >= 15 is 0 Å². The van der Waals surface area contributed by atoms with E-state index in [1.54, 1.807) is 0 Å². The summed E-state index contributed by atoms with van der Waals surface area (Å²) in [7, 11) is 0. The highest BCUT2D eigenvalue weighted by molar-refractivity contribution is 5.99. The number of benzene rings is 1. The smallest absolute Gasteiger partial charge is 0.253 e. The van der Waals surface area contributed by atoms with Gasteiger partial charge in [0.25, 0.3) is 5.91 Å². The van der Waals surface area contributed by atoms with E-state index in [1.165, 1.54) is 32.1 Å². The average molecular weight is 297 g/mol. The van der Waals surface area contributed by atoms with E-state index in [1.807, 2.05) is 30.3 Å². The minimum Gasteiger partial charge on any atom is -0.488 e. The van der Waals surface area contributed by atoms with Gasteiger partial charge in [-0.3, -0.25) is 4.79 Å². The highest BCUT2D eigenvalue weighted by atomic mass is 16.5. The number of hydrogen-bond acceptors (Lipinski definition) is 2. The lowest BCUT2D eigenvalue weighted by molar-refractivity contribution is -0.133. The van der Waals surface area contributed by atoms with Crippen molar-refractivity contribution in [1.29, 1.82) is 0 Å². The molecule has 0 radical (unpaired) electrons. The van der Waals surface area contributed by atoms with Crippen molar-refractivity contribution in [3.05, 3.63) is 35.4 Å². The van der Waals surface area contributed by atoms with Gasteiger partial charge in [0.2, 0.25) is 0 Å². The monoisotopic (exact) mass is 297 g/mol. The number of nitrogens with zero attached hydrogens (tertiary/aromatic N) is 1. The zero-order valence-corrected chi connectivity index (χ0v) is 13.0. The Morgan fingerprint density at radius 1 is 1.09 bits per heavy atom. The number of carbonyl (C=O) groups is 1. The molecule has 0 N–H and O–H groups in total. The first-order valence-electron chi connectivity index (χ1n) is 8.56. The van der Waals surface area contributed by atoms with Gasteiger partial charge in [-0.15, -0.1) is 0 Å². The number of carbonyl (C=O) groups excluding carboxylic acids is 1. The van der Waals surface area contributed by atoms with Gasteiger partial charge in [-0.05, 0) is 43.7 Å². The van der Waals surface area contributed by atoms with E-state index in [-0.39, 0.29) is 5.91 Å². The molecule has 1 aromatic rings. The highest BCUT2D eigenvalue weighted by Gasteiger charge is 2.36. The van der Waals surface area contributed by atoms with E-state index in [9.17, 15) is 4.79 Å². The summed E-state index contributed by atoms with van der Waals surface area (Å²) in [6.45, 7) is 1.32. The number of rotatable bonds is 1. The molecule has 1 saturated heterocycles. The van der Waals surface area contributed by atoms with Crippen molar-refractivity contribution in [2.45, 2.75) is 44.6 Å². The average Bonchev–Trinajstić information content (AvgIpc) is 2.60. The lowest BCUT2D eigenvalue weighted by Crippen LogP contribution is -2.50. The molecular formula is C19H23NO2. The molecule has 3 aliphatic rings. The van der Waals surface area contributed by atoms with Crippen LogP contribution in [0.5, 0.6) is 5.75 Å². The van der Waals surface area contributed by atoms with Crippen molar-refractivity contribution in [1.82, 2.24) is 4.90 Å². The quantitative estimate of drug-likeness (QED) is 0.792. The van der Waals surface area contributed by atoms with Crippen LogP contribution in [0.3, 0.4) is 0 Å². The third kappa shape index (κ3) is 2.43. The van der Waals surface area contributed by atoms with E-state index in [2.05, 4.69) is 4.90 Å². The van der Waals surface area contributed by atoms with E-state index < -0.39 is 0 Å². The van der Waals surface area contributed by atoms with Gasteiger partial charge in [0.15, 0.2) is 0 Å². The van der Waals surface area contributed by atoms with Gasteiger partial charge in [0.05, 0.1) is 5.57 Å². The fourth-order valence-electron chi connectivity index (χ4n) is 4.30. The molecule has 0 unspecified atom stereocenters. The second kappa shape index (κ2) is 5.79. The molecule has 116 valence electrons. The Hall–Kier alpha value is -1.77. The normalized spacial score (nSPS) is 27.3. The largest absolute Gasteiger partial charge is 0.488 e. The van der Waals surface area contributed by atoms with Crippen molar-refractivity contribution < 1.29 is 9.53 Å². The molecule has 0 spiro atoms. The molecule has 0 aromatic heterocycles. The Labute approximate surface area is 132 Å². The first kappa shape index (κ1) is 13.9. The van der Waals surface area contributed by atoms with Crippen LogP contribution >= 0.6 is 0 Å². The maximum absolute atomic E-state index is 13.0. The maximum atomic E-state index is 13.0. The second-order valence-corrected chi connectivity index (χ2v) is 6.75. The second-order valence-electron chi connectivity index (χ2n) is 6.75. The molecule has 3 nitrogen and oxygen atoms in total. The number of fused-ring (bicyclic) bond motifs is 2. The van der Waals surface area contributed by atoms with Crippen LogP contribution in [-0.4, -0.2) is 30.0 Å². The van der Waals surface area contributed by atoms with Crippen LogP contribution in [0.2, 0.25) is 0 Å². The van der Waals surface area contributed by atoms with Crippen LogP contribution in [0.1, 0.15) is 44.1 Å². The molecule has 3 heteroatoms. The van der Waals surface area contributed by atoms with Crippen LogP contribution in [0.4, 0.5) is 0 Å². The lowest BCUT2D eigenvalue weighted by Gasteiger charge is -2.44. The minimum absolute atomic E-state index is 0.200. The third-order valence-electron chi connectivity index (χ3n) is 5.41. The standard InChI is InChI=1S/C19H23NO2/c21-19(16-12-15-7-2-4-10-18(15)22-13-16)20-11-5-8-14-6-1-3-9-17(14)20/h2,4,7,10,12,14,17H,1,3,5-6,8-9,11,13H2/t14-,17-/m1/s1. The molecular weight excluding hydrogens is 274 g/mol. The molecule has 1 aliphatic carbocycles. The molecule has 2 atom stereocenters. The lowest BCUT2D eigenvalue weighted by atomic mass is 9.78. The van der Waals surface area contributed by atoms with Gasteiger partial charge in [0.1, 0.15) is 12.4 Å². The van der Waals surface area contributed by atoms with Gasteiger partial charge >= 0.3 is 0 Å². The number of likely N-dealkylation sites (tertiary alicyclic amines) is 1. The number of amides is 1. The van der Waals surface area contributed by atoms with E-state index in [0.717, 1.165) is 35.8 Å². The molecule has 2 heterocycles. The molecule has 1 aromatic carbocycles. The maximum Gasteiger partial charge on any atom is 0.253 e. The molecule has 4 rings (SSSR count). The summed E-state index contributed by atoms with van der Waals surface area (Å²) in [5.74, 6) is 1.81. The Morgan fingerprint density at radius 2 is 1.91 bits per heavy atom. The summed E-state index contributed by atoms with van der Waals surface area (Å²) in [4.78, 5) is 15.1. The molecule has 2 fully saturated rings. The first-order chi connectivity index (χ1) is 10.8. The SMILES string of the molecule is O=C(C1=Cc2ccccc2OC1)N1CCC[C@H]2CCCC[C@H]21. The Morgan fingerprint density at radius 3 is 2.86 bits per heavy atom. The van der Waals surface area contributed by atoms with Gasteiger partial charge < -0.3 is 9.64 Å². The highest BCUT2D eigenvalue weighted by Crippen LogP contribution is 2.36. The molecule has 0 bridgehead atoms.